The van der Waals surface area contributed by atoms with Crippen molar-refractivity contribution in [3.63, 3.8) is 0 Å². The molecular weight excluding hydrogens is 270 g/mol. The van der Waals surface area contributed by atoms with E-state index in [0.717, 1.165) is 18.7 Å². The molecule has 0 bridgehead atoms. The molecule has 0 aliphatic heterocycles. The first-order valence-corrected chi connectivity index (χ1v) is 7.05. The van der Waals surface area contributed by atoms with E-state index in [9.17, 15) is 9.59 Å². The van der Waals surface area contributed by atoms with E-state index in [1.54, 1.807) is 12.4 Å². The number of aromatic nitrogens is 4. The Hall–Kier alpha value is -2.44. The molecule has 0 aliphatic rings. The normalized spacial score (nSPS) is 10.5. The van der Waals surface area contributed by atoms with Crippen molar-refractivity contribution >= 4 is 5.91 Å². The number of carbonyl (C=O) groups is 1. The van der Waals surface area contributed by atoms with E-state index in [1.165, 1.54) is 16.8 Å². The summed E-state index contributed by atoms with van der Waals surface area (Å²) in [5.74, 6) is 0.531. The third-order valence-corrected chi connectivity index (χ3v) is 3.02. The van der Waals surface area contributed by atoms with Crippen molar-refractivity contribution < 1.29 is 4.79 Å². The summed E-state index contributed by atoms with van der Waals surface area (Å²) in [5, 5.41) is 6.86. The number of imidazole rings is 1. The number of aromatic amines is 1. The fourth-order valence-corrected chi connectivity index (χ4v) is 1.86. The molecule has 112 valence electrons. The van der Waals surface area contributed by atoms with Gasteiger partial charge in [-0.1, -0.05) is 13.3 Å². The number of amides is 1. The molecule has 0 unspecified atom stereocenters. The van der Waals surface area contributed by atoms with Gasteiger partial charge in [-0.25, -0.2) is 9.67 Å². The molecule has 2 aromatic rings. The van der Waals surface area contributed by atoms with Gasteiger partial charge in [-0.05, 0) is 12.5 Å². The summed E-state index contributed by atoms with van der Waals surface area (Å²) in [4.78, 5) is 30.7. The minimum Gasteiger partial charge on any atom is -0.350 e. The lowest BCUT2D eigenvalue weighted by Crippen LogP contribution is -2.30. The predicted octanol–water partition coefficient (Wildman–Crippen LogP) is 0.739. The molecule has 0 saturated heterocycles. The molecule has 2 N–H and O–H groups in total. The van der Waals surface area contributed by atoms with Gasteiger partial charge in [-0.15, -0.1) is 0 Å². The van der Waals surface area contributed by atoms with Crippen molar-refractivity contribution in [2.75, 3.05) is 6.54 Å². The Morgan fingerprint density at radius 2 is 2.29 bits per heavy atom. The first-order valence-electron chi connectivity index (χ1n) is 7.05. The van der Waals surface area contributed by atoms with Crippen LogP contribution in [0.5, 0.6) is 0 Å². The van der Waals surface area contributed by atoms with Gasteiger partial charge in [0, 0.05) is 38.0 Å². The Labute approximate surface area is 122 Å². The summed E-state index contributed by atoms with van der Waals surface area (Å²) in [7, 11) is 0. The van der Waals surface area contributed by atoms with Gasteiger partial charge in [0.25, 0.3) is 11.5 Å². The van der Waals surface area contributed by atoms with Crippen LogP contribution < -0.4 is 10.9 Å². The van der Waals surface area contributed by atoms with Crippen LogP contribution >= 0.6 is 0 Å². The summed E-state index contributed by atoms with van der Waals surface area (Å²) in [5.41, 5.74) is 0.0701. The van der Waals surface area contributed by atoms with Gasteiger partial charge in [0.15, 0.2) is 0 Å². The van der Waals surface area contributed by atoms with E-state index in [2.05, 4.69) is 20.4 Å². The van der Waals surface area contributed by atoms with Crippen LogP contribution in [0.2, 0.25) is 0 Å². The lowest BCUT2D eigenvalue weighted by Gasteiger charge is -2.07. The van der Waals surface area contributed by atoms with Crippen molar-refractivity contribution in [1.82, 2.24) is 25.1 Å². The summed E-state index contributed by atoms with van der Waals surface area (Å²) < 4.78 is 1.34. The zero-order valence-electron chi connectivity index (χ0n) is 12.0. The van der Waals surface area contributed by atoms with Crippen LogP contribution in [0.25, 0.3) is 0 Å². The van der Waals surface area contributed by atoms with E-state index < -0.39 is 0 Å². The van der Waals surface area contributed by atoms with Gasteiger partial charge in [0.1, 0.15) is 11.5 Å². The average molecular weight is 289 g/mol. The Bertz CT molecular complexity index is 633. The highest BCUT2D eigenvalue weighted by Gasteiger charge is 2.09. The highest BCUT2D eigenvalue weighted by atomic mass is 16.2. The largest absolute Gasteiger partial charge is 0.350 e. The van der Waals surface area contributed by atoms with Crippen LogP contribution in [-0.2, 0) is 13.0 Å². The van der Waals surface area contributed by atoms with E-state index in [4.69, 9.17) is 0 Å². The Morgan fingerprint density at radius 3 is 3.00 bits per heavy atom. The third kappa shape index (κ3) is 4.27. The minimum absolute atomic E-state index is 0.185. The van der Waals surface area contributed by atoms with Gasteiger partial charge < -0.3 is 10.3 Å². The SMILES string of the molecule is CCCCn1nc(C(=O)NCCc2ncc[nH]2)ccc1=O. The maximum Gasteiger partial charge on any atom is 0.271 e. The smallest absolute Gasteiger partial charge is 0.271 e. The average Bonchev–Trinajstić information content (AvgIpc) is 2.99. The predicted molar refractivity (Wildman–Crippen MR) is 78.0 cm³/mol. The fraction of sp³-hybridized carbons (Fsp3) is 0.429. The summed E-state index contributed by atoms with van der Waals surface area (Å²) in [6.07, 6.45) is 5.85. The maximum absolute atomic E-state index is 12.0. The molecule has 0 aromatic carbocycles. The number of H-pyrrole nitrogens is 1. The topological polar surface area (TPSA) is 92.7 Å². The lowest BCUT2D eigenvalue weighted by atomic mass is 10.3. The second kappa shape index (κ2) is 7.37. The fourth-order valence-electron chi connectivity index (χ4n) is 1.86. The van der Waals surface area contributed by atoms with Crippen LogP contribution in [0.4, 0.5) is 0 Å². The number of unbranched alkanes of at least 4 members (excludes halogenated alkanes) is 1. The number of nitrogens with one attached hydrogen (secondary N) is 2. The highest BCUT2D eigenvalue weighted by molar-refractivity contribution is 5.91. The van der Waals surface area contributed by atoms with Crippen molar-refractivity contribution in [3.05, 3.63) is 46.4 Å². The van der Waals surface area contributed by atoms with E-state index in [-0.39, 0.29) is 17.2 Å². The summed E-state index contributed by atoms with van der Waals surface area (Å²) in [6.45, 7) is 3.03. The van der Waals surface area contributed by atoms with E-state index in [0.29, 0.717) is 19.5 Å². The van der Waals surface area contributed by atoms with Gasteiger partial charge in [-0.2, -0.15) is 5.10 Å². The van der Waals surface area contributed by atoms with Crippen LogP contribution in [0.3, 0.4) is 0 Å². The minimum atomic E-state index is -0.285. The number of carbonyl (C=O) groups excluding carboxylic acids is 1. The first kappa shape index (κ1) is 15.0. The van der Waals surface area contributed by atoms with Gasteiger partial charge in [0.2, 0.25) is 0 Å². The van der Waals surface area contributed by atoms with Gasteiger partial charge >= 0.3 is 0 Å². The maximum atomic E-state index is 12.0. The molecule has 2 heterocycles. The van der Waals surface area contributed by atoms with Crippen LogP contribution in [0.15, 0.2) is 29.3 Å². The molecule has 1 amide bonds. The van der Waals surface area contributed by atoms with Crippen LogP contribution in [0, 0.1) is 0 Å². The molecule has 0 fully saturated rings. The molecule has 0 saturated carbocycles. The molecule has 7 heteroatoms. The monoisotopic (exact) mass is 289 g/mol. The molecule has 2 rings (SSSR count). The second-order valence-corrected chi connectivity index (χ2v) is 4.68. The number of hydrogen-bond donors (Lipinski definition) is 2. The zero-order chi connectivity index (χ0) is 15.1. The third-order valence-electron chi connectivity index (χ3n) is 3.02. The Morgan fingerprint density at radius 1 is 1.43 bits per heavy atom. The Kier molecular flexibility index (Phi) is 5.25. The van der Waals surface area contributed by atoms with Crippen molar-refractivity contribution in [3.8, 4) is 0 Å². The molecule has 0 radical (unpaired) electrons. The van der Waals surface area contributed by atoms with Crippen molar-refractivity contribution in [2.45, 2.75) is 32.7 Å². The van der Waals surface area contributed by atoms with Crippen molar-refractivity contribution in [2.24, 2.45) is 0 Å². The second-order valence-electron chi connectivity index (χ2n) is 4.68. The van der Waals surface area contributed by atoms with Crippen LogP contribution in [0.1, 0.15) is 36.1 Å². The summed E-state index contributed by atoms with van der Waals surface area (Å²) in [6, 6.07) is 2.83. The quantitative estimate of drug-likeness (QED) is 0.786. The zero-order valence-corrected chi connectivity index (χ0v) is 12.0. The molecule has 0 atom stereocenters. The van der Waals surface area contributed by atoms with Gasteiger partial charge in [0.05, 0.1) is 0 Å². The number of hydrogen-bond acceptors (Lipinski definition) is 4. The standard InChI is InChI=1S/C14H19N5O2/c1-2-3-10-19-13(20)5-4-11(18-19)14(21)17-7-6-12-15-8-9-16-12/h4-5,8-9H,2-3,6-7,10H2,1H3,(H,15,16)(H,17,21). The highest BCUT2D eigenvalue weighted by Crippen LogP contribution is 1.95. The lowest BCUT2D eigenvalue weighted by molar-refractivity contribution is 0.0946. The van der Waals surface area contributed by atoms with Crippen molar-refractivity contribution in [1.29, 1.82) is 0 Å². The molecule has 7 nitrogen and oxygen atoms in total. The molecular formula is C14H19N5O2. The van der Waals surface area contributed by atoms with Crippen LogP contribution in [-0.4, -0.2) is 32.2 Å². The van der Waals surface area contributed by atoms with E-state index in [1.807, 2.05) is 6.92 Å². The summed E-state index contributed by atoms with van der Waals surface area (Å²) >= 11 is 0. The Balaban J connectivity index is 1.93. The van der Waals surface area contributed by atoms with Gasteiger partial charge in [-0.3, -0.25) is 9.59 Å². The first-order chi connectivity index (χ1) is 10.2. The molecule has 2 aromatic heterocycles. The number of aryl methyl sites for hydroxylation is 1. The molecule has 0 aliphatic carbocycles. The number of rotatable bonds is 7. The van der Waals surface area contributed by atoms with E-state index >= 15 is 0 Å². The molecule has 21 heavy (non-hydrogen) atoms. The molecule has 0 spiro atoms. The number of nitrogens with zero attached hydrogens (tertiary/aromatic N) is 3.